The molecule has 0 atom stereocenters. The Morgan fingerprint density at radius 3 is 2.50 bits per heavy atom. The van der Waals surface area contributed by atoms with Crippen LogP contribution in [0.5, 0.6) is 0 Å². The van der Waals surface area contributed by atoms with Crippen LogP contribution in [-0.2, 0) is 34.2 Å². The summed E-state index contributed by atoms with van der Waals surface area (Å²) in [5, 5.41) is 2.70. The third kappa shape index (κ3) is 3.66. The van der Waals surface area contributed by atoms with E-state index in [2.05, 4.69) is 17.0 Å². The van der Waals surface area contributed by atoms with Gasteiger partial charge in [-0.05, 0) is 41.3 Å². The van der Waals surface area contributed by atoms with Crippen molar-refractivity contribution in [1.82, 2.24) is 4.72 Å². The molecule has 126 valence electrons. The van der Waals surface area contributed by atoms with Crippen LogP contribution in [0.2, 0.25) is 0 Å². The van der Waals surface area contributed by atoms with Crippen molar-refractivity contribution in [2.45, 2.75) is 37.6 Å². The maximum absolute atomic E-state index is 12.4. The van der Waals surface area contributed by atoms with Gasteiger partial charge in [0.15, 0.2) is 0 Å². The first-order valence-corrected chi connectivity index (χ1v) is 9.46. The first-order valence-electron chi connectivity index (χ1n) is 7.98. The predicted octanol–water partition coefficient (Wildman–Crippen LogP) is 2.61. The van der Waals surface area contributed by atoms with E-state index in [1.165, 1.54) is 11.6 Å². The number of benzene rings is 2. The number of fused-ring (bicyclic) bond motifs is 1. The van der Waals surface area contributed by atoms with Crippen molar-refractivity contribution in [1.29, 1.82) is 0 Å². The molecule has 0 radical (unpaired) electrons. The molecule has 0 fully saturated rings. The Morgan fingerprint density at radius 1 is 1.08 bits per heavy atom. The molecular formula is C18H20N2O3S. The molecule has 1 heterocycles. The Hall–Kier alpha value is -2.18. The molecule has 3 rings (SSSR count). The van der Waals surface area contributed by atoms with Crippen molar-refractivity contribution in [3.8, 4) is 0 Å². The van der Waals surface area contributed by atoms with E-state index in [4.69, 9.17) is 0 Å². The molecule has 0 saturated heterocycles. The van der Waals surface area contributed by atoms with Gasteiger partial charge in [0.1, 0.15) is 0 Å². The summed E-state index contributed by atoms with van der Waals surface area (Å²) in [7, 11) is -3.61. The van der Waals surface area contributed by atoms with E-state index in [0.29, 0.717) is 11.3 Å². The normalized spacial score (nSPS) is 13.6. The van der Waals surface area contributed by atoms with Crippen molar-refractivity contribution >= 4 is 21.6 Å². The van der Waals surface area contributed by atoms with Gasteiger partial charge in [-0.15, -0.1) is 0 Å². The third-order valence-electron chi connectivity index (χ3n) is 4.04. The zero-order valence-electron chi connectivity index (χ0n) is 13.5. The number of anilines is 1. The van der Waals surface area contributed by atoms with Gasteiger partial charge in [-0.2, -0.15) is 0 Å². The highest BCUT2D eigenvalue weighted by Gasteiger charge is 2.21. The number of hydrogen-bond donors (Lipinski definition) is 2. The molecule has 1 aliphatic rings. The Kier molecular flexibility index (Phi) is 4.69. The van der Waals surface area contributed by atoms with Gasteiger partial charge in [-0.1, -0.05) is 37.6 Å². The maximum Gasteiger partial charge on any atom is 0.240 e. The highest BCUT2D eigenvalue weighted by Crippen LogP contribution is 2.25. The first-order chi connectivity index (χ1) is 11.5. The SMILES string of the molecule is CCCc1ccc(CNS(=O)(=O)c2ccc3c(c2)CC(=O)N3)cc1. The van der Waals surface area contributed by atoms with Gasteiger partial charge in [0, 0.05) is 12.2 Å². The molecule has 5 nitrogen and oxygen atoms in total. The van der Waals surface area contributed by atoms with Crippen molar-refractivity contribution in [3.05, 3.63) is 59.2 Å². The van der Waals surface area contributed by atoms with E-state index >= 15 is 0 Å². The number of aryl methyl sites for hydroxylation is 1. The Balaban J connectivity index is 1.70. The fourth-order valence-electron chi connectivity index (χ4n) is 2.75. The summed E-state index contributed by atoms with van der Waals surface area (Å²) in [4.78, 5) is 11.6. The minimum Gasteiger partial charge on any atom is -0.326 e. The zero-order valence-corrected chi connectivity index (χ0v) is 14.3. The maximum atomic E-state index is 12.4. The quantitative estimate of drug-likeness (QED) is 0.846. The summed E-state index contributed by atoms with van der Waals surface area (Å²) in [6.07, 6.45) is 2.33. The van der Waals surface area contributed by atoms with Gasteiger partial charge < -0.3 is 5.32 Å². The summed E-state index contributed by atoms with van der Waals surface area (Å²) in [5.41, 5.74) is 3.56. The van der Waals surface area contributed by atoms with Gasteiger partial charge in [-0.3, -0.25) is 4.79 Å². The summed E-state index contributed by atoms with van der Waals surface area (Å²) < 4.78 is 27.5. The number of rotatable bonds is 6. The van der Waals surface area contributed by atoms with E-state index in [9.17, 15) is 13.2 Å². The largest absolute Gasteiger partial charge is 0.326 e. The van der Waals surface area contributed by atoms with E-state index in [1.54, 1.807) is 12.1 Å². The highest BCUT2D eigenvalue weighted by molar-refractivity contribution is 7.89. The Labute approximate surface area is 142 Å². The molecule has 0 unspecified atom stereocenters. The fourth-order valence-corrected chi connectivity index (χ4v) is 3.81. The van der Waals surface area contributed by atoms with E-state index in [1.807, 2.05) is 24.3 Å². The monoisotopic (exact) mass is 344 g/mol. The third-order valence-corrected chi connectivity index (χ3v) is 5.44. The first kappa shape index (κ1) is 16.7. The standard InChI is InChI=1S/C18H20N2O3S/c1-2-3-13-4-6-14(7-5-13)12-19-24(22,23)16-8-9-17-15(10-16)11-18(21)20-17/h4-10,19H,2-3,11-12H2,1H3,(H,20,21). The summed E-state index contributed by atoms with van der Waals surface area (Å²) >= 11 is 0. The lowest BCUT2D eigenvalue weighted by Gasteiger charge is -2.09. The van der Waals surface area contributed by atoms with Crippen LogP contribution in [0.3, 0.4) is 0 Å². The van der Waals surface area contributed by atoms with Crippen molar-refractivity contribution in [2.24, 2.45) is 0 Å². The average Bonchev–Trinajstić information content (AvgIpc) is 2.94. The van der Waals surface area contributed by atoms with Crippen molar-refractivity contribution in [3.63, 3.8) is 0 Å². The van der Waals surface area contributed by atoms with Crippen LogP contribution in [0.25, 0.3) is 0 Å². The summed E-state index contributed by atoms with van der Waals surface area (Å²) in [6, 6.07) is 12.6. The molecule has 2 aromatic carbocycles. The van der Waals surface area contributed by atoms with E-state index < -0.39 is 10.0 Å². The summed E-state index contributed by atoms with van der Waals surface area (Å²) in [6.45, 7) is 2.37. The zero-order chi connectivity index (χ0) is 17.2. The molecule has 0 aromatic heterocycles. The van der Waals surface area contributed by atoms with Crippen LogP contribution in [0.15, 0.2) is 47.4 Å². The highest BCUT2D eigenvalue weighted by atomic mass is 32.2. The van der Waals surface area contributed by atoms with Gasteiger partial charge in [0.05, 0.1) is 11.3 Å². The number of carbonyl (C=O) groups excluding carboxylic acids is 1. The number of sulfonamides is 1. The van der Waals surface area contributed by atoms with Gasteiger partial charge in [-0.25, -0.2) is 13.1 Å². The lowest BCUT2D eigenvalue weighted by atomic mass is 10.1. The molecule has 0 bridgehead atoms. The Morgan fingerprint density at radius 2 is 1.79 bits per heavy atom. The van der Waals surface area contributed by atoms with Crippen LogP contribution >= 0.6 is 0 Å². The minimum absolute atomic E-state index is 0.111. The molecule has 1 aliphatic heterocycles. The van der Waals surface area contributed by atoms with Crippen molar-refractivity contribution < 1.29 is 13.2 Å². The Bertz CT molecular complexity index is 858. The molecule has 0 aliphatic carbocycles. The summed E-state index contributed by atoms with van der Waals surface area (Å²) in [5.74, 6) is -0.111. The number of amides is 1. The molecule has 24 heavy (non-hydrogen) atoms. The van der Waals surface area contributed by atoms with Crippen LogP contribution < -0.4 is 10.0 Å². The molecule has 0 saturated carbocycles. The van der Waals surface area contributed by atoms with Gasteiger partial charge in [0.25, 0.3) is 0 Å². The topological polar surface area (TPSA) is 75.3 Å². The second kappa shape index (κ2) is 6.75. The molecule has 2 aromatic rings. The lowest BCUT2D eigenvalue weighted by molar-refractivity contribution is -0.115. The van der Waals surface area contributed by atoms with Crippen LogP contribution in [0, 0.1) is 0 Å². The van der Waals surface area contributed by atoms with E-state index in [-0.39, 0.29) is 23.8 Å². The van der Waals surface area contributed by atoms with Gasteiger partial charge >= 0.3 is 0 Å². The van der Waals surface area contributed by atoms with Crippen LogP contribution in [-0.4, -0.2) is 14.3 Å². The molecule has 1 amide bonds. The second-order valence-corrected chi connectivity index (χ2v) is 7.70. The van der Waals surface area contributed by atoms with E-state index in [0.717, 1.165) is 18.4 Å². The number of carbonyl (C=O) groups is 1. The van der Waals surface area contributed by atoms with Gasteiger partial charge in [0.2, 0.25) is 15.9 Å². The average molecular weight is 344 g/mol. The molecule has 6 heteroatoms. The predicted molar refractivity (Wildman–Crippen MR) is 93.2 cm³/mol. The number of nitrogens with one attached hydrogen (secondary N) is 2. The lowest BCUT2D eigenvalue weighted by Crippen LogP contribution is -2.23. The van der Waals surface area contributed by atoms with Crippen LogP contribution in [0.1, 0.15) is 30.0 Å². The fraction of sp³-hybridized carbons (Fsp3) is 0.278. The molecule has 2 N–H and O–H groups in total. The number of hydrogen-bond acceptors (Lipinski definition) is 3. The second-order valence-electron chi connectivity index (χ2n) is 5.93. The van der Waals surface area contributed by atoms with Crippen molar-refractivity contribution in [2.75, 3.05) is 5.32 Å². The van der Waals surface area contributed by atoms with Crippen LogP contribution in [0.4, 0.5) is 5.69 Å². The minimum atomic E-state index is -3.61. The molecular weight excluding hydrogens is 324 g/mol. The smallest absolute Gasteiger partial charge is 0.240 e. The molecule has 0 spiro atoms.